The Kier molecular flexibility index (Phi) is 4.36. The molecule has 0 bridgehead atoms. The van der Waals surface area contributed by atoms with E-state index in [0.717, 1.165) is 42.5 Å². The quantitative estimate of drug-likeness (QED) is 0.857. The van der Waals surface area contributed by atoms with Gasteiger partial charge >= 0.3 is 0 Å². The minimum atomic E-state index is -0.422. The van der Waals surface area contributed by atoms with Crippen molar-refractivity contribution in [2.24, 2.45) is 0 Å². The Morgan fingerprint density at radius 2 is 2.22 bits per heavy atom. The highest BCUT2D eigenvalue weighted by Gasteiger charge is 2.38. The first-order valence-corrected chi connectivity index (χ1v) is 7.14. The maximum absolute atomic E-state index is 9.54. The summed E-state index contributed by atoms with van der Waals surface area (Å²) in [6.07, 6.45) is 5.64. The fraction of sp³-hybridized carbons (Fsp3) is 0.571. The summed E-state index contributed by atoms with van der Waals surface area (Å²) in [6.45, 7) is 2.77. The van der Waals surface area contributed by atoms with Gasteiger partial charge < -0.3 is 4.74 Å². The van der Waals surface area contributed by atoms with Gasteiger partial charge in [0.15, 0.2) is 0 Å². The molecule has 18 heavy (non-hydrogen) atoms. The molecule has 2 rings (SSSR count). The lowest BCUT2D eigenvalue weighted by Gasteiger charge is -2.34. The summed E-state index contributed by atoms with van der Waals surface area (Å²) in [4.78, 5) is 4.41. The molecule has 4 heteroatoms. The maximum atomic E-state index is 9.54. The normalized spacial score (nSPS) is 27.7. The van der Waals surface area contributed by atoms with Crippen LogP contribution >= 0.6 is 15.9 Å². The average Bonchev–Trinajstić information content (AvgIpc) is 2.41. The van der Waals surface area contributed by atoms with E-state index < -0.39 is 5.41 Å². The van der Waals surface area contributed by atoms with Crippen LogP contribution < -0.4 is 0 Å². The fourth-order valence-electron chi connectivity index (χ4n) is 2.57. The molecule has 3 nitrogen and oxygen atoms in total. The van der Waals surface area contributed by atoms with E-state index in [1.54, 1.807) is 6.20 Å². The van der Waals surface area contributed by atoms with Gasteiger partial charge in [-0.15, -0.1) is 0 Å². The van der Waals surface area contributed by atoms with Crippen LogP contribution in [0.4, 0.5) is 0 Å². The van der Waals surface area contributed by atoms with Crippen LogP contribution in [0.25, 0.3) is 0 Å². The molecule has 0 aliphatic heterocycles. The lowest BCUT2D eigenvalue weighted by atomic mass is 9.72. The molecule has 1 aliphatic rings. The number of ether oxygens (including phenoxy) is 1. The Labute approximate surface area is 116 Å². The summed E-state index contributed by atoms with van der Waals surface area (Å²) in [5.74, 6) is 0. The van der Waals surface area contributed by atoms with E-state index in [4.69, 9.17) is 4.74 Å². The van der Waals surface area contributed by atoms with Gasteiger partial charge in [0.05, 0.1) is 23.3 Å². The van der Waals surface area contributed by atoms with Crippen molar-refractivity contribution < 1.29 is 4.74 Å². The first-order chi connectivity index (χ1) is 8.70. The van der Waals surface area contributed by atoms with Crippen LogP contribution in [0.5, 0.6) is 0 Å². The number of nitriles is 1. The van der Waals surface area contributed by atoms with Crippen LogP contribution in [0, 0.1) is 11.3 Å². The largest absolute Gasteiger partial charge is 0.379 e. The Bertz CT molecular complexity index is 430. The lowest BCUT2D eigenvalue weighted by molar-refractivity contribution is 0.0257. The highest BCUT2D eigenvalue weighted by Crippen LogP contribution is 2.39. The highest BCUT2D eigenvalue weighted by molar-refractivity contribution is 9.10. The Hall–Kier alpha value is -0.920. The van der Waals surface area contributed by atoms with Gasteiger partial charge in [0, 0.05) is 17.3 Å². The van der Waals surface area contributed by atoms with E-state index in [1.807, 2.05) is 19.1 Å². The Morgan fingerprint density at radius 3 is 2.72 bits per heavy atom. The van der Waals surface area contributed by atoms with Gasteiger partial charge in [-0.2, -0.15) is 5.26 Å². The molecular weight excluding hydrogens is 292 g/mol. The van der Waals surface area contributed by atoms with Gasteiger partial charge in [0.2, 0.25) is 0 Å². The van der Waals surface area contributed by atoms with Crippen LogP contribution in [-0.4, -0.2) is 17.7 Å². The van der Waals surface area contributed by atoms with E-state index in [-0.39, 0.29) is 0 Å². The second-order valence-corrected chi connectivity index (χ2v) is 5.63. The number of halogens is 1. The van der Waals surface area contributed by atoms with Gasteiger partial charge in [0.25, 0.3) is 0 Å². The molecule has 0 atom stereocenters. The van der Waals surface area contributed by atoms with Crippen LogP contribution in [-0.2, 0) is 10.2 Å². The molecule has 0 amide bonds. The minimum Gasteiger partial charge on any atom is -0.379 e. The SMILES string of the molecule is CCOC1CCC(C#N)(c2ccc(Br)cn2)CC1. The number of rotatable bonds is 3. The Balaban J connectivity index is 2.14. The number of hydrogen-bond donors (Lipinski definition) is 0. The van der Waals surface area contributed by atoms with Crippen LogP contribution in [0.1, 0.15) is 38.3 Å². The lowest BCUT2D eigenvalue weighted by Crippen LogP contribution is -2.34. The summed E-state index contributed by atoms with van der Waals surface area (Å²) >= 11 is 3.37. The molecule has 0 aromatic carbocycles. The van der Waals surface area contributed by atoms with Crippen LogP contribution in [0.2, 0.25) is 0 Å². The summed E-state index contributed by atoms with van der Waals surface area (Å²) in [5, 5.41) is 9.54. The number of aromatic nitrogens is 1. The summed E-state index contributed by atoms with van der Waals surface area (Å²) in [6, 6.07) is 6.39. The van der Waals surface area contributed by atoms with Gasteiger partial charge in [-0.05, 0) is 60.7 Å². The standard InChI is InChI=1S/C14H17BrN2O/c1-2-18-12-5-7-14(10-16,8-6-12)13-4-3-11(15)9-17-13/h3-4,9,12H,2,5-8H2,1H3. The smallest absolute Gasteiger partial charge is 0.0994 e. The molecule has 0 N–H and O–H groups in total. The monoisotopic (exact) mass is 308 g/mol. The molecule has 0 radical (unpaired) electrons. The summed E-state index contributed by atoms with van der Waals surface area (Å²) < 4.78 is 6.58. The zero-order valence-electron chi connectivity index (χ0n) is 10.5. The van der Waals surface area contributed by atoms with Crippen molar-refractivity contribution in [3.63, 3.8) is 0 Å². The molecule has 0 spiro atoms. The number of pyridine rings is 1. The van der Waals surface area contributed by atoms with Crippen molar-refractivity contribution in [3.8, 4) is 6.07 Å². The predicted octanol–water partition coefficient (Wildman–Crippen LogP) is 3.58. The first kappa shape index (κ1) is 13.5. The third-order valence-corrected chi connectivity index (χ3v) is 4.09. The molecule has 1 aromatic heterocycles. The molecule has 0 unspecified atom stereocenters. The van der Waals surface area contributed by atoms with Crippen molar-refractivity contribution in [2.45, 2.75) is 44.1 Å². The predicted molar refractivity (Wildman–Crippen MR) is 73.1 cm³/mol. The van der Waals surface area contributed by atoms with E-state index in [0.29, 0.717) is 6.10 Å². The number of nitrogens with zero attached hydrogens (tertiary/aromatic N) is 2. The van der Waals surface area contributed by atoms with Gasteiger partial charge in [-0.3, -0.25) is 4.98 Å². The molecular formula is C14H17BrN2O. The topological polar surface area (TPSA) is 45.9 Å². The van der Waals surface area contributed by atoms with Gasteiger partial charge in [-0.1, -0.05) is 0 Å². The summed E-state index contributed by atoms with van der Waals surface area (Å²) in [5.41, 5.74) is 0.469. The van der Waals surface area contributed by atoms with Crippen LogP contribution in [0.3, 0.4) is 0 Å². The van der Waals surface area contributed by atoms with Gasteiger partial charge in [-0.25, -0.2) is 0 Å². The second-order valence-electron chi connectivity index (χ2n) is 4.71. The van der Waals surface area contributed by atoms with Crippen molar-refractivity contribution in [1.29, 1.82) is 5.26 Å². The molecule has 1 saturated carbocycles. The van der Waals surface area contributed by atoms with Crippen LogP contribution in [0.15, 0.2) is 22.8 Å². The molecule has 1 aromatic rings. The van der Waals surface area contributed by atoms with Crippen molar-refractivity contribution >= 4 is 15.9 Å². The third kappa shape index (κ3) is 2.73. The molecule has 1 aliphatic carbocycles. The molecule has 1 fully saturated rings. The minimum absolute atomic E-state index is 0.312. The van der Waals surface area contributed by atoms with E-state index in [9.17, 15) is 5.26 Å². The zero-order valence-corrected chi connectivity index (χ0v) is 12.1. The average molecular weight is 309 g/mol. The Morgan fingerprint density at radius 1 is 1.50 bits per heavy atom. The van der Waals surface area contributed by atoms with E-state index in [1.165, 1.54) is 0 Å². The molecule has 96 valence electrons. The maximum Gasteiger partial charge on any atom is 0.0994 e. The molecule has 1 heterocycles. The summed E-state index contributed by atoms with van der Waals surface area (Å²) in [7, 11) is 0. The fourth-order valence-corrected chi connectivity index (χ4v) is 2.81. The number of hydrogen-bond acceptors (Lipinski definition) is 3. The van der Waals surface area contributed by atoms with E-state index in [2.05, 4.69) is 27.0 Å². The van der Waals surface area contributed by atoms with E-state index >= 15 is 0 Å². The third-order valence-electron chi connectivity index (χ3n) is 3.62. The zero-order chi connectivity index (χ0) is 13.0. The van der Waals surface area contributed by atoms with Crippen molar-refractivity contribution in [3.05, 3.63) is 28.5 Å². The first-order valence-electron chi connectivity index (χ1n) is 6.35. The van der Waals surface area contributed by atoms with Crippen molar-refractivity contribution in [2.75, 3.05) is 6.61 Å². The van der Waals surface area contributed by atoms with Crippen molar-refractivity contribution in [1.82, 2.24) is 4.98 Å². The second kappa shape index (κ2) is 5.81. The van der Waals surface area contributed by atoms with Gasteiger partial charge in [0.1, 0.15) is 0 Å². The molecule has 0 saturated heterocycles. The highest BCUT2D eigenvalue weighted by atomic mass is 79.9.